The highest BCUT2D eigenvalue weighted by Crippen LogP contribution is 2.41. The summed E-state index contributed by atoms with van der Waals surface area (Å²) in [7, 11) is -0.857. The summed E-state index contributed by atoms with van der Waals surface area (Å²) in [5.41, 5.74) is 3.36. The largest absolute Gasteiger partial charge is 0.471 e. The molecule has 0 spiro atoms. The number of carbonyl (C=O) groups excluding carboxylic acids is 2. The van der Waals surface area contributed by atoms with Crippen molar-refractivity contribution in [3.05, 3.63) is 101 Å². The van der Waals surface area contributed by atoms with Gasteiger partial charge in [-0.1, -0.05) is 48.0 Å². The van der Waals surface area contributed by atoms with Crippen molar-refractivity contribution in [2.24, 2.45) is 0 Å². The zero-order chi connectivity index (χ0) is 32.0. The molecule has 1 N–H and O–H groups in total. The molecule has 0 atom stereocenters. The van der Waals surface area contributed by atoms with Crippen LogP contribution in [0.25, 0.3) is 33.6 Å². The Balaban J connectivity index is 1.52. The van der Waals surface area contributed by atoms with E-state index in [9.17, 15) is 22.4 Å². The van der Waals surface area contributed by atoms with Gasteiger partial charge in [0.05, 0.1) is 29.7 Å². The van der Waals surface area contributed by atoms with Crippen LogP contribution in [-0.2, 0) is 16.6 Å². The van der Waals surface area contributed by atoms with E-state index in [2.05, 4.69) is 10.3 Å². The number of fused-ring (bicyclic) bond motifs is 2. The van der Waals surface area contributed by atoms with Crippen LogP contribution in [0.3, 0.4) is 0 Å². The van der Waals surface area contributed by atoms with E-state index in [0.29, 0.717) is 27.8 Å². The van der Waals surface area contributed by atoms with Crippen LogP contribution in [-0.4, -0.2) is 57.2 Å². The van der Waals surface area contributed by atoms with E-state index in [1.165, 1.54) is 25.1 Å². The maximum Gasteiger partial charge on any atom is 0.279 e. The van der Waals surface area contributed by atoms with E-state index in [4.69, 9.17) is 9.15 Å². The van der Waals surface area contributed by atoms with Gasteiger partial charge in [-0.2, -0.15) is 0 Å². The Hall–Kier alpha value is -5.23. The first-order valence-corrected chi connectivity index (χ1v) is 15.8. The fraction of sp³-hybridized carbons (Fsp3) is 0.182. The Morgan fingerprint density at radius 3 is 2.51 bits per heavy atom. The monoisotopic (exact) mass is 628 g/mol. The predicted octanol–water partition coefficient (Wildman–Crippen LogP) is 5.36. The molecular weight excluding hydrogens is 599 g/mol. The molecule has 0 radical (unpaired) electrons. The second kappa shape index (κ2) is 11.4. The van der Waals surface area contributed by atoms with Gasteiger partial charge in [0, 0.05) is 42.2 Å². The number of nitrogens with zero attached hydrogens (tertiary/aromatic N) is 3. The third-order valence-corrected chi connectivity index (χ3v) is 8.92. The molecule has 0 saturated heterocycles. The first kappa shape index (κ1) is 29.8. The van der Waals surface area contributed by atoms with Gasteiger partial charge in [-0.05, 0) is 31.2 Å². The van der Waals surface area contributed by atoms with E-state index >= 15 is 0 Å². The first-order valence-electron chi connectivity index (χ1n) is 14.0. The number of amides is 2. The molecule has 10 nitrogen and oxygen atoms in total. The molecule has 0 aliphatic carbocycles. The van der Waals surface area contributed by atoms with Gasteiger partial charge in [0.1, 0.15) is 17.2 Å². The summed E-state index contributed by atoms with van der Waals surface area (Å²) < 4.78 is 53.0. The molecule has 1 aliphatic heterocycles. The van der Waals surface area contributed by atoms with Gasteiger partial charge in [-0.3, -0.25) is 18.8 Å². The lowest BCUT2D eigenvalue weighted by Crippen LogP contribution is -2.39. The number of aryl methyl sites for hydroxylation is 1. The summed E-state index contributed by atoms with van der Waals surface area (Å²) in [6.07, 6.45) is 1.06. The predicted molar refractivity (Wildman–Crippen MR) is 168 cm³/mol. The highest BCUT2D eigenvalue weighted by atomic mass is 32.2. The first-order chi connectivity index (χ1) is 21.5. The number of pyridine rings is 1. The molecule has 0 fully saturated rings. The molecule has 0 unspecified atom stereocenters. The Labute approximate surface area is 259 Å². The van der Waals surface area contributed by atoms with Crippen LogP contribution < -0.4 is 14.4 Å². The number of benzene rings is 3. The number of hydrogen-bond donors (Lipinski definition) is 1. The lowest BCUT2D eigenvalue weighted by atomic mass is 10.00. The maximum atomic E-state index is 14.4. The SMILES string of the molecule is CNC(=O)c1c(-c2ccc(C)cc2)oc2cc(N(C)S(C)(=O)=O)c(-c3ccc4c(n3)C(=O)N(Cc3ccccc3F)CO4)cc12. The number of hydrogen-bond acceptors (Lipinski definition) is 7. The van der Waals surface area contributed by atoms with Crippen molar-refractivity contribution in [2.75, 3.05) is 31.4 Å². The van der Waals surface area contributed by atoms with Crippen molar-refractivity contribution in [3.8, 4) is 28.3 Å². The van der Waals surface area contributed by atoms with E-state index in [1.807, 2.05) is 31.2 Å². The highest BCUT2D eigenvalue weighted by Gasteiger charge is 2.30. The van der Waals surface area contributed by atoms with Crippen molar-refractivity contribution in [1.29, 1.82) is 0 Å². The summed E-state index contributed by atoms with van der Waals surface area (Å²) in [6.45, 7) is 1.82. The molecule has 45 heavy (non-hydrogen) atoms. The molecule has 0 bridgehead atoms. The lowest BCUT2D eigenvalue weighted by Gasteiger charge is -2.28. The Kier molecular flexibility index (Phi) is 7.53. The Bertz CT molecular complexity index is 2090. The van der Waals surface area contributed by atoms with Crippen LogP contribution in [0.4, 0.5) is 10.1 Å². The van der Waals surface area contributed by atoms with Crippen molar-refractivity contribution in [3.63, 3.8) is 0 Å². The van der Waals surface area contributed by atoms with Gasteiger partial charge in [0.25, 0.3) is 11.8 Å². The molecule has 3 heterocycles. The zero-order valence-corrected chi connectivity index (χ0v) is 25.7. The van der Waals surface area contributed by atoms with Gasteiger partial charge in [0.15, 0.2) is 18.2 Å². The van der Waals surface area contributed by atoms with Gasteiger partial charge >= 0.3 is 0 Å². The lowest BCUT2D eigenvalue weighted by molar-refractivity contribution is 0.0485. The molecular formula is C33H29FN4O6S. The number of sulfonamides is 1. The standard InChI is InChI=1S/C33H29FN4O6S/c1-19-9-11-20(12-10-19)31-29(32(39)35-2)23-15-22(26(16-28(23)44-31)37(3)45(4,41)42)25-13-14-27-30(36-25)33(40)38(18-43-27)17-21-7-5-6-8-24(21)34/h5-16H,17-18H2,1-4H3,(H,35,39). The van der Waals surface area contributed by atoms with Crippen molar-refractivity contribution in [1.82, 2.24) is 15.2 Å². The fourth-order valence-corrected chi connectivity index (χ4v) is 5.72. The molecule has 230 valence electrons. The summed E-state index contributed by atoms with van der Waals surface area (Å²) in [6, 6.07) is 20.0. The fourth-order valence-electron chi connectivity index (χ4n) is 5.21. The average molecular weight is 629 g/mol. The second-order valence-corrected chi connectivity index (χ2v) is 12.8. The average Bonchev–Trinajstić information content (AvgIpc) is 3.40. The van der Waals surface area contributed by atoms with Gasteiger partial charge < -0.3 is 14.5 Å². The molecule has 3 aromatic carbocycles. The number of carbonyl (C=O) groups is 2. The molecule has 2 amide bonds. The Morgan fingerprint density at radius 2 is 1.82 bits per heavy atom. The van der Waals surface area contributed by atoms with Crippen molar-refractivity contribution in [2.45, 2.75) is 13.5 Å². The summed E-state index contributed by atoms with van der Waals surface area (Å²) in [5, 5.41) is 3.09. The molecule has 6 rings (SSSR count). The molecule has 5 aromatic rings. The van der Waals surface area contributed by atoms with Crippen LogP contribution in [0.15, 0.2) is 77.2 Å². The number of halogens is 1. The zero-order valence-electron chi connectivity index (χ0n) is 24.9. The summed E-state index contributed by atoms with van der Waals surface area (Å²) in [5.74, 6) is -0.762. The summed E-state index contributed by atoms with van der Waals surface area (Å²) in [4.78, 5) is 32.7. The van der Waals surface area contributed by atoms with Gasteiger partial charge in [-0.25, -0.2) is 17.8 Å². The van der Waals surface area contributed by atoms with Gasteiger partial charge in [0.2, 0.25) is 10.0 Å². The molecule has 0 saturated carbocycles. The van der Waals surface area contributed by atoms with Gasteiger partial charge in [-0.15, -0.1) is 0 Å². The minimum atomic E-state index is -3.76. The van der Waals surface area contributed by atoms with Crippen molar-refractivity contribution < 1.29 is 31.6 Å². The van der Waals surface area contributed by atoms with E-state index in [0.717, 1.165) is 16.1 Å². The molecule has 1 aliphatic rings. The summed E-state index contributed by atoms with van der Waals surface area (Å²) >= 11 is 0. The smallest absolute Gasteiger partial charge is 0.279 e. The third-order valence-electron chi connectivity index (χ3n) is 7.73. The van der Waals surface area contributed by atoms with Crippen LogP contribution in [0.2, 0.25) is 0 Å². The van der Waals surface area contributed by atoms with Crippen LogP contribution >= 0.6 is 0 Å². The molecule has 12 heteroatoms. The maximum absolute atomic E-state index is 14.4. The number of nitrogens with one attached hydrogen (secondary N) is 1. The Morgan fingerprint density at radius 1 is 1.09 bits per heavy atom. The minimum Gasteiger partial charge on any atom is -0.471 e. The van der Waals surface area contributed by atoms with E-state index in [1.54, 1.807) is 42.5 Å². The number of ether oxygens (including phenoxy) is 1. The minimum absolute atomic E-state index is 0.0118. The van der Waals surface area contributed by atoms with E-state index in [-0.39, 0.29) is 47.2 Å². The highest BCUT2D eigenvalue weighted by molar-refractivity contribution is 7.92. The van der Waals surface area contributed by atoms with Crippen LogP contribution in [0.1, 0.15) is 32.0 Å². The quantitative estimate of drug-likeness (QED) is 0.258. The number of anilines is 1. The normalized spacial score (nSPS) is 13.0. The molecule has 2 aromatic heterocycles. The van der Waals surface area contributed by atoms with E-state index < -0.39 is 27.7 Å². The van der Waals surface area contributed by atoms with Crippen molar-refractivity contribution >= 4 is 38.5 Å². The number of rotatable bonds is 7. The number of aromatic nitrogens is 1. The number of furan rings is 1. The third kappa shape index (κ3) is 5.48. The van der Waals surface area contributed by atoms with Crippen LogP contribution in [0, 0.1) is 12.7 Å². The second-order valence-electron chi connectivity index (χ2n) is 10.8. The van der Waals surface area contributed by atoms with Crippen LogP contribution in [0.5, 0.6) is 5.75 Å². The topological polar surface area (TPSA) is 122 Å².